The highest BCUT2D eigenvalue weighted by atomic mass is 79.9. The predicted octanol–water partition coefficient (Wildman–Crippen LogP) is 1.18. The van der Waals surface area contributed by atoms with Crippen LogP contribution in [0.3, 0.4) is 0 Å². The van der Waals surface area contributed by atoms with Gasteiger partial charge in [-0.1, -0.05) is 0 Å². The second-order valence-corrected chi connectivity index (χ2v) is 3.68. The maximum atomic E-state index is 5.41. The third-order valence-electron chi connectivity index (χ3n) is 1.41. The molecule has 1 aromatic heterocycles. The summed E-state index contributed by atoms with van der Waals surface area (Å²) >= 11 is 3.30. The van der Waals surface area contributed by atoms with Gasteiger partial charge >= 0.3 is 0 Å². The molecule has 0 saturated heterocycles. The number of ether oxygens (including phenoxy) is 1. The molecule has 72 valence electrons. The molecule has 0 N–H and O–H groups in total. The maximum absolute atomic E-state index is 5.41. The van der Waals surface area contributed by atoms with E-state index in [1.165, 1.54) is 6.33 Å². The number of halogens is 1. The predicted molar refractivity (Wildman–Crippen MR) is 53.8 cm³/mol. The lowest BCUT2D eigenvalue weighted by Gasteiger charge is -2.10. The lowest BCUT2D eigenvalue weighted by atomic mass is 10.6. The molecule has 0 atom stereocenters. The van der Waals surface area contributed by atoms with E-state index < -0.39 is 0 Å². The van der Waals surface area contributed by atoms with Gasteiger partial charge in [0, 0.05) is 12.7 Å². The van der Waals surface area contributed by atoms with Gasteiger partial charge in [0.25, 0.3) is 0 Å². The van der Waals surface area contributed by atoms with Gasteiger partial charge < -0.3 is 9.64 Å². The van der Waals surface area contributed by atoms with Gasteiger partial charge in [-0.25, -0.2) is 9.97 Å². The van der Waals surface area contributed by atoms with Crippen LogP contribution in [-0.2, 0) is 0 Å². The zero-order valence-electron chi connectivity index (χ0n) is 7.70. The number of aromatic nitrogens is 2. The van der Waals surface area contributed by atoms with Gasteiger partial charge in [-0.15, -0.1) is 0 Å². The summed E-state index contributed by atoms with van der Waals surface area (Å²) < 4.78 is 6.19. The van der Waals surface area contributed by atoms with Crippen molar-refractivity contribution in [1.82, 2.24) is 14.9 Å². The minimum atomic E-state index is 0.594. The van der Waals surface area contributed by atoms with Crippen molar-refractivity contribution in [2.45, 2.75) is 0 Å². The fourth-order valence-electron chi connectivity index (χ4n) is 0.733. The van der Waals surface area contributed by atoms with Crippen molar-refractivity contribution >= 4 is 15.9 Å². The summed E-state index contributed by atoms with van der Waals surface area (Å²) in [7, 11) is 4.00. The van der Waals surface area contributed by atoms with Gasteiger partial charge in [-0.05, 0) is 30.0 Å². The van der Waals surface area contributed by atoms with E-state index in [4.69, 9.17) is 4.74 Å². The Morgan fingerprint density at radius 3 is 2.92 bits per heavy atom. The molecule has 0 aliphatic heterocycles. The summed E-state index contributed by atoms with van der Waals surface area (Å²) in [6, 6.07) is 0. The Kier molecular flexibility index (Phi) is 4.11. The largest absolute Gasteiger partial charge is 0.475 e. The van der Waals surface area contributed by atoms with Crippen molar-refractivity contribution in [3.8, 4) is 5.88 Å². The summed E-state index contributed by atoms with van der Waals surface area (Å²) in [6.07, 6.45) is 3.13. The Labute approximate surface area is 86.1 Å². The van der Waals surface area contributed by atoms with Crippen LogP contribution in [0.5, 0.6) is 5.88 Å². The van der Waals surface area contributed by atoms with Crippen LogP contribution in [0.4, 0.5) is 0 Å². The summed E-state index contributed by atoms with van der Waals surface area (Å²) in [4.78, 5) is 9.87. The first-order chi connectivity index (χ1) is 6.20. The second kappa shape index (κ2) is 5.14. The molecule has 0 fully saturated rings. The van der Waals surface area contributed by atoms with Crippen molar-refractivity contribution < 1.29 is 4.74 Å². The van der Waals surface area contributed by atoms with Crippen molar-refractivity contribution in [3.63, 3.8) is 0 Å². The molecule has 5 heteroatoms. The summed E-state index contributed by atoms with van der Waals surface area (Å²) in [6.45, 7) is 1.50. The van der Waals surface area contributed by atoms with Crippen LogP contribution in [-0.4, -0.2) is 42.1 Å². The number of hydrogen-bond donors (Lipinski definition) is 0. The Balaban J connectivity index is 2.41. The van der Waals surface area contributed by atoms with Crippen LogP contribution in [0.15, 0.2) is 17.0 Å². The van der Waals surface area contributed by atoms with Gasteiger partial charge in [0.15, 0.2) is 0 Å². The first-order valence-corrected chi connectivity index (χ1v) is 4.72. The zero-order valence-corrected chi connectivity index (χ0v) is 9.28. The van der Waals surface area contributed by atoms with Gasteiger partial charge in [-0.2, -0.15) is 0 Å². The van der Waals surface area contributed by atoms with Crippen LogP contribution in [0.25, 0.3) is 0 Å². The number of likely N-dealkylation sites (N-methyl/N-ethyl adjacent to an activating group) is 1. The van der Waals surface area contributed by atoms with Crippen LogP contribution in [0.2, 0.25) is 0 Å². The SMILES string of the molecule is CN(C)CCOc1ncncc1Br. The minimum Gasteiger partial charge on any atom is -0.475 e. The highest BCUT2D eigenvalue weighted by Gasteiger charge is 2.01. The summed E-state index contributed by atoms with van der Waals surface area (Å²) in [5.74, 6) is 0.594. The average Bonchev–Trinajstić information content (AvgIpc) is 2.08. The number of rotatable bonds is 4. The highest BCUT2D eigenvalue weighted by molar-refractivity contribution is 9.10. The van der Waals surface area contributed by atoms with Crippen molar-refractivity contribution in [2.75, 3.05) is 27.2 Å². The third-order valence-corrected chi connectivity index (χ3v) is 1.96. The molecule has 4 nitrogen and oxygen atoms in total. The van der Waals surface area contributed by atoms with Gasteiger partial charge in [-0.3, -0.25) is 0 Å². The van der Waals surface area contributed by atoms with Gasteiger partial charge in [0.2, 0.25) is 5.88 Å². The van der Waals surface area contributed by atoms with Crippen molar-refractivity contribution in [3.05, 3.63) is 17.0 Å². The molecule has 0 unspecified atom stereocenters. The van der Waals surface area contributed by atoms with Crippen LogP contribution in [0.1, 0.15) is 0 Å². The Morgan fingerprint density at radius 1 is 1.54 bits per heavy atom. The zero-order chi connectivity index (χ0) is 9.68. The van der Waals surface area contributed by atoms with Crippen LogP contribution < -0.4 is 4.74 Å². The lowest BCUT2D eigenvalue weighted by Crippen LogP contribution is -2.19. The molecule has 0 spiro atoms. The first kappa shape index (κ1) is 10.4. The van der Waals surface area contributed by atoms with Crippen molar-refractivity contribution in [1.29, 1.82) is 0 Å². The first-order valence-electron chi connectivity index (χ1n) is 3.93. The molecule has 1 heterocycles. The van der Waals surface area contributed by atoms with Crippen LogP contribution in [0, 0.1) is 0 Å². The topological polar surface area (TPSA) is 38.2 Å². The lowest BCUT2D eigenvalue weighted by molar-refractivity contribution is 0.252. The second-order valence-electron chi connectivity index (χ2n) is 2.83. The fourth-order valence-corrected chi connectivity index (χ4v) is 1.07. The molecule has 0 saturated carbocycles. The van der Waals surface area contributed by atoms with E-state index in [1.807, 2.05) is 14.1 Å². The summed E-state index contributed by atoms with van der Waals surface area (Å²) in [5.41, 5.74) is 0. The number of hydrogen-bond acceptors (Lipinski definition) is 4. The quantitative estimate of drug-likeness (QED) is 0.799. The molecule has 1 rings (SSSR count). The van der Waals surface area contributed by atoms with E-state index in [0.29, 0.717) is 12.5 Å². The smallest absolute Gasteiger partial charge is 0.231 e. The normalized spacial score (nSPS) is 10.5. The molecule has 0 amide bonds. The fraction of sp³-hybridized carbons (Fsp3) is 0.500. The van der Waals surface area contributed by atoms with Crippen LogP contribution >= 0.6 is 15.9 Å². The van der Waals surface area contributed by atoms with E-state index in [0.717, 1.165) is 11.0 Å². The molecule has 0 aromatic carbocycles. The number of nitrogens with zero attached hydrogens (tertiary/aromatic N) is 3. The van der Waals surface area contributed by atoms with E-state index in [-0.39, 0.29) is 0 Å². The monoisotopic (exact) mass is 245 g/mol. The standard InChI is InChI=1S/C8H12BrN3O/c1-12(2)3-4-13-8-7(9)5-10-6-11-8/h5-6H,3-4H2,1-2H3. The Hall–Kier alpha value is -0.680. The third kappa shape index (κ3) is 3.69. The molecule has 0 aliphatic rings. The Morgan fingerprint density at radius 2 is 2.31 bits per heavy atom. The molecular weight excluding hydrogens is 234 g/mol. The van der Waals surface area contributed by atoms with E-state index in [1.54, 1.807) is 6.20 Å². The van der Waals surface area contributed by atoms with Crippen molar-refractivity contribution in [2.24, 2.45) is 0 Å². The van der Waals surface area contributed by atoms with Gasteiger partial charge in [0.05, 0.1) is 4.47 Å². The average molecular weight is 246 g/mol. The highest BCUT2D eigenvalue weighted by Crippen LogP contribution is 2.19. The van der Waals surface area contributed by atoms with E-state index in [2.05, 4.69) is 30.8 Å². The summed E-state index contributed by atoms with van der Waals surface area (Å²) in [5, 5.41) is 0. The minimum absolute atomic E-state index is 0.594. The maximum Gasteiger partial charge on any atom is 0.231 e. The molecular formula is C8H12BrN3O. The molecule has 1 aromatic rings. The molecule has 0 radical (unpaired) electrons. The molecule has 0 bridgehead atoms. The van der Waals surface area contributed by atoms with Gasteiger partial charge in [0.1, 0.15) is 12.9 Å². The Bertz CT molecular complexity index is 267. The molecule has 0 aliphatic carbocycles. The molecule has 13 heavy (non-hydrogen) atoms. The van der Waals surface area contributed by atoms with E-state index >= 15 is 0 Å². The van der Waals surface area contributed by atoms with E-state index in [9.17, 15) is 0 Å².